The van der Waals surface area contributed by atoms with E-state index in [9.17, 15) is 14.7 Å². The number of piperidine rings is 1. The summed E-state index contributed by atoms with van der Waals surface area (Å²) in [4.78, 5) is 23.6. The maximum absolute atomic E-state index is 12.2. The minimum absolute atomic E-state index is 0.147. The zero-order valence-electron chi connectivity index (χ0n) is 10.9. The van der Waals surface area contributed by atoms with Gasteiger partial charge in [0, 0.05) is 0 Å². The van der Waals surface area contributed by atoms with Crippen LogP contribution in [0.5, 0.6) is 0 Å². The lowest BCUT2D eigenvalue weighted by Crippen LogP contribution is -2.59. The van der Waals surface area contributed by atoms with Gasteiger partial charge in [-0.25, -0.2) is 4.79 Å². The largest absolute Gasteiger partial charge is 0.480 e. The number of amides is 1. The Morgan fingerprint density at radius 3 is 2.50 bits per heavy atom. The van der Waals surface area contributed by atoms with Gasteiger partial charge in [0.15, 0.2) is 0 Å². The van der Waals surface area contributed by atoms with Crippen molar-refractivity contribution in [2.75, 3.05) is 6.54 Å². The third-order valence-corrected chi connectivity index (χ3v) is 4.28. The molecule has 0 spiro atoms. The van der Waals surface area contributed by atoms with E-state index in [-0.39, 0.29) is 17.9 Å². The van der Waals surface area contributed by atoms with E-state index < -0.39 is 11.5 Å². The predicted molar refractivity (Wildman–Crippen MR) is 67.2 cm³/mol. The van der Waals surface area contributed by atoms with Crippen molar-refractivity contribution in [3.8, 4) is 0 Å². The van der Waals surface area contributed by atoms with E-state index in [0.717, 1.165) is 32.2 Å². The third-order valence-electron chi connectivity index (χ3n) is 4.28. The molecule has 1 heterocycles. The molecule has 2 unspecified atom stereocenters. The molecule has 2 aliphatic rings. The topological polar surface area (TPSA) is 78.4 Å². The summed E-state index contributed by atoms with van der Waals surface area (Å²) in [5.74, 6) is -0.769. The summed E-state index contributed by atoms with van der Waals surface area (Å²) in [5.41, 5.74) is -1.02. The van der Waals surface area contributed by atoms with Gasteiger partial charge in [-0.1, -0.05) is 19.8 Å². The second kappa shape index (κ2) is 5.26. The standard InChI is InChI=1S/C13H22N2O3/c1-9-5-4-8-14-10(9)11(16)15-13(12(17)18)6-2-3-7-13/h9-10,14H,2-8H2,1H3,(H,15,16)(H,17,18). The number of nitrogens with one attached hydrogen (secondary N) is 2. The van der Waals surface area contributed by atoms with E-state index in [2.05, 4.69) is 10.6 Å². The van der Waals surface area contributed by atoms with Crippen LogP contribution in [0.1, 0.15) is 45.4 Å². The van der Waals surface area contributed by atoms with Gasteiger partial charge in [0.25, 0.3) is 0 Å². The Balaban J connectivity index is 2.03. The number of carbonyl (C=O) groups excluding carboxylic acids is 1. The normalized spacial score (nSPS) is 30.9. The van der Waals surface area contributed by atoms with Crippen molar-refractivity contribution in [1.29, 1.82) is 0 Å². The fourth-order valence-electron chi connectivity index (χ4n) is 3.09. The van der Waals surface area contributed by atoms with Crippen LogP contribution >= 0.6 is 0 Å². The van der Waals surface area contributed by atoms with Crippen LogP contribution < -0.4 is 10.6 Å². The Hall–Kier alpha value is -1.10. The molecule has 2 rings (SSSR count). The summed E-state index contributed by atoms with van der Waals surface area (Å²) in [6.45, 7) is 2.88. The molecule has 1 saturated carbocycles. The monoisotopic (exact) mass is 254 g/mol. The summed E-state index contributed by atoms with van der Waals surface area (Å²) in [6, 6.07) is -0.240. The molecular formula is C13H22N2O3. The van der Waals surface area contributed by atoms with E-state index in [0.29, 0.717) is 12.8 Å². The van der Waals surface area contributed by atoms with Gasteiger partial charge in [0.05, 0.1) is 6.04 Å². The van der Waals surface area contributed by atoms with Crippen LogP contribution in [0.3, 0.4) is 0 Å². The minimum atomic E-state index is -1.02. The molecule has 0 aromatic carbocycles. The molecule has 18 heavy (non-hydrogen) atoms. The Kier molecular flexibility index (Phi) is 3.90. The van der Waals surface area contributed by atoms with Gasteiger partial charge in [-0.15, -0.1) is 0 Å². The first-order valence-corrected chi connectivity index (χ1v) is 6.84. The number of carbonyl (C=O) groups is 2. The third kappa shape index (κ3) is 2.51. The van der Waals surface area contributed by atoms with Gasteiger partial charge in [0.1, 0.15) is 5.54 Å². The van der Waals surface area contributed by atoms with Crippen molar-refractivity contribution in [3.05, 3.63) is 0 Å². The summed E-state index contributed by atoms with van der Waals surface area (Å²) in [6.07, 6.45) is 4.95. The Morgan fingerprint density at radius 2 is 1.94 bits per heavy atom. The zero-order valence-corrected chi connectivity index (χ0v) is 10.9. The fourth-order valence-corrected chi connectivity index (χ4v) is 3.09. The lowest BCUT2D eigenvalue weighted by atomic mass is 9.90. The van der Waals surface area contributed by atoms with Crippen LogP contribution in [-0.2, 0) is 9.59 Å². The minimum Gasteiger partial charge on any atom is -0.480 e. The molecule has 2 fully saturated rings. The second-order valence-corrected chi connectivity index (χ2v) is 5.63. The van der Waals surface area contributed by atoms with Gasteiger partial charge in [-0.05, 0) is 38.1 Å². The highest BCUT2D eigenvalue weighted by Gasteiger charge is 2.44. The van der Waals surface area contributed by atoms with Crippen molar-refractivity contribution in [2.24, 2.45) is 5.92 Å². The van der Waals surface area contributed by atoms with Crippen molar-refractivity contribution in [3.63, 3.8) is 0 Å². The Labute approximate surface area is 107 Å². The smallest absolute Gasteiger partial charge is 0.329 e. The first-order valence-electron chi connectivity index (χ1n) is 6.84. The maximum atomic E-state index is 12.2. The van der Waals surface area contributed by atoms with Gasteiger partial charge in [-0.3, -0.25) is 4.79 Å². The number of carboxylic acid groups (broad SMARTS) is 1. The van der Waals surface area contributed by atoms with E-state index in [1.54, 1.807) is 0 Å². The number of carboxylic acids is 1. The molecule has 0 bridgehead atoms. The van der Waals surface area contributed by atoms with Crippen molar-refractivity contribution in [2.45, 2.75) is 57.0 Å². The number of hydrogen-bond acceptors (Lipinski definition) is 3. The van der Waals surface area contributed by atoms with Crippen molar-refractivity contribution >= 4 is 11.9 Å². The quantitative estimate of drug-likeness (QED) is 0.699. The molecule has 1 aliphatic carbocycles. The second-order valence-electron chi connectivity index (χ2n) is 5.63. The van der Waals surface area contributed by atoms with Gasteiger partial charge in [0.2, 0.25) is 5.91 Å². The van der Waals surface area contributed by atoms with Crippen LogP contribution in [0.15, 0.2) is 0 Å². The average molecular weight is 254 g/mol. The Bertz CT molecular complexity index is 337. The molecule has 5 nitrogen and oxygen atoms in total. The van der Waals surface area contributed by atoms with Crippen molar-refractivity contribution < 1.29 is 14.7 Å². The number of rotatable bonds is 3. The molecule has 102 valence electrons. The van der Waals surface area contributed by atoms with E-state index >= 15 is 0 Å². The highest BCUT2D eigenvalue weighted by atomic mass is 16.4. The molecule has 1 amide bonds. The van der Waals surface area contributed by atoms with Crippen LogP contribution in [0.25, 0.3) is 0 Å². The maximum Gasteiger partial charge on any atom is 0.329 e. The lowest BCUT2D eigenvalue weighted by Gasteiger charge is -2.33. The van der Waals surface area contributed by atoms with Crippen LogP contribution in [0.2, 0.25) is 0 Å². The van der Waals surface area contributed by atoms with Gasteiger partial charge in [-0.2, -0.15) is 0 Å². The average Bonchev–Trinajstić information content (AvgIpc) is 2.79. The summed E-state index contributed by atoms with van der Waals surface area (Å²) < 4.78 is 0. The Morgan fingerprint density at radius 1 is 1.28 bits per heavy atom. The number of hydrogen-bond donors (Lipinski definition) is 3. The highest BCUT2D eigenvalue weighted by molar-refractivity contribution is 5.90. The van der Waals surface area contributed by atoms with Crippen LogP contribution in [-0.4, -0.2) is 35.1 Å². The van der Waals surface area contributed by atoms with Crippen molar-refractivity contribution in [1.82, 2.24) is 10.6 Å². The lowest BCUT2D eigenvalue weighted by molar-refractivity contribution is -0.148. The molecule has 0 aromatic rings. The zero-order chi connectivity index (χ0) is 13.2. The van der Waals surface area contributed by atoms with E-state index in [4.69, 9.17) is 0 Å². The van der Waals surface area contributed by atoms with Gasteiger partial charge < -0.3 is 15.7 Å². The molecule has 0 aromatic heterocycles. The van der Waals surface area contributed by atoms with E-state index in [1.807, 2.05) is 6.92 Å². The summed E-state index contributed by atoms with van der Waals surface area (Å²) in [5, 5.41) is 15.3. The molecule has 1 aliphatic heterocycles. The molecule has 0 radical (unpaired) electrons. The highest BCUT2D eigenvalue weighted by Crippen LogP contribution is 2.30. The first kappa shape index (κ1) is 13.3. The summed E-state index contributed by atoms with van der Waals surface area (Å²) in [7, 11) is 0. The fraction of sp³-hybridized carbons (Fsp3) is 0.846. The molecule has 2 atom stereocenters. The van der Waals surface area contributed by atoms with E-state index in [1.165, 1.54) is 0 Å². The first-order chi connectivity index (χ1) is 8.55. The van der Waals surface area contributed by atoms with Crippen LogP contribution in [0.4, 0.5) is 0 Å². The van der Waals surface area contributed by atoms with Gasteiger partial charge >= 0.3 is 5.97 Å². The number of aliphatic carboxylic acids is 1. The molecular weight excluding hydrogens is 232 g/mol. The predicted octanol–water partition coefficient (Wildman–Crippen LogP) is 0.888. The SMILES string of the molecule is CC1CCCNC1C(=O)NC1(C(=O)O)CCCC1. The molecule has 3 N–H and O–H groups in total. The summed E-state index contributed by atoms with van der Waals surface area (Å²) >= 11 is 0. The molecule has 5 heteroatoms. The van der Waals surface area contributed by atoms with Crippen LogP contribution in [0, 0.1) is 5.92 Å². The molecule has 1 saturated heterocycles.